The van der Waals surface area contributed by atoms with E-state index in [0.717, 1.165) is 19.3 Å². The molecule has 128 valence electrons. The predicted molar refractivity (Wildman–Crippen MR) is 79.5 cm³/mol. The fraction of sp³-hybridized carbons (Fsp3) is 0.938. The first kappa shape index (κ1) is 17.6. The first-order valence-corrected chi connectivity index (χ1v) is 8.35. The van der Waals surface area contributed by atoms with E-state index in [1.165, 1.54) is 36.1 Å². The van der Waals surface area contributed by atoms with Gasteiger partial charge in [0.25, 0.3) is 0 Å². The molecule has 0 aromatic carbocycles. The zero-order valence-electron chi connectivity index (χ0n) is 13.5. The number of rotatable bonds is 3. The number of hydrogen-bond donors (Lipinski definition) is 0. The largest absolute Gasteiger partial charge is 0.405 e. The van der Waals surface area contributed by atoms with Crippen LogP contribution in [0.3, 0.4) is 0 Å². The van der Waals surface area contributed by atoms with Crippen molar-refractivity contribution in [2.75, 3.05) is 20.1 Å². The summed E-state index contributed by atoms with van der Waals surface area (Å²) >= 11 is 0. The van der Waals surface area contributed by atoms with Gasteiger partial charge in [-0.3, -0.25) is 9.69 Å². The molecule has 0 bridgehead atoms. The molecular weight excluding hydrogens is 293 g/mol. The minimum absolute atomic E-state index is 0.111. The Kier molecular flexibility index (Phi) is 5.75. The molecule has 6 heteroatoms. The van der Waals surface area contributed by atoms with E-state index in [-0.39, 0.29) is 18.5 Å². The fourth-order valence-corrected chi connectivity index (χ4v) is 3.67. The van der Waals surface area contributed by atoms with Crippen LogP contribution in [-0.2, 0) is 4.79 Å². The number of alkyl halides is 3. The summed E-state index contributed by atoms with van der Waals surface area (Å²) in [7, 11) is 1.49. The van der Waals surface area contributed by atoms with Crippen molar-refractivity contribution in [3.63, 3.8) is 0 Å². The molecule has 1 saturated carbocycles. The van der Waals surface area contributed by atoms with E-state index >= 15 is 0 Å². The maximum absolute atomic E-state index is 13.1. The summed E-state index contributed by atoms with van der Waals surface area (Å²) in [4.78, 5) is 15.1. The zero-order chi connectivity index (χ0) is 16.3. The number of nitrogens with zero attached hydrogens (tertiary/aromatic N) is 2. The minimum Gasteiger partial charge on any atom is -0.339 e. The Hall–Kier alpha value is -0.780. The van der Waals surface area contributed by atoms with Gasteiger partial charge in [-0.1, -0.05) is 32.1 Å². The molecule has 2 aliphatic rings. The third kappa shape index (κ3) is 4.37. The molecule has 2 atom stereocenters. The van der Waals surface area contributed by atoms with Crippen LogP contribution in [0, 0.1) is 5.92 Å². The van der Waals surface area contributed by atoms with Crippen LogP contribution in [-0.4, -0.2) is 54.1 Å². The molecule has 1 aliphatic carbocycles. The molecular formula is C16H27F3N2O. The third-order valence-corrected chi connectivity index (χ3v) is 5.29. The highest BCUT2D eigenvalue weighted by Gasteiger charge is 2.47. The average Bonchev–Trinajstić information content (AvgIpc) is 2.47. The van der Waals surface area contributed by atoms with Crippen LogP contribution in [0.4, 0.5) is 13.2 Å². The van der Waals surface area contributed by atoms with Gasteiger partial charge in [0.15, 0.2) is 0 Å². The van der Waals surface area contributed by atoms with Gasteiger partial charge in [0.05, 0.1) is 0 Å². The van der Waals surface area contributed by atoms with Crippen molar-refractivity contribution < 1.29 is 18.0 Å². The molecule has 0 N–H and O–H groups in total. The topological polar surface area (TPSA) is 23.6 Å². The molecule has 1 aliphatic heterocycles. The molecule has 2 unspecified atom stereocenters. The lowest BCUT2D eigenvalue weighted by molar-refractivity contribution is -0.201. The van der Waals surface area contributed by atoms with Gasteiger partial charge in [-0.2, -0.15) is 13.2 Å². The molecule has 2 rings (SSSR count). The van der Waals surface area contributed by atoms with Crippen molar-refractivity contribution in [3.05, 3.63) is 0 Å². The van der Waals surface area contributed by atoms with Gasteiger partial charge < -0.3 is 4.90 Å². The normalized spacial score (nSPS) is 28.9. The SMILES string of the molecule is CC1CN(C(=O)CCC2CCCCC2)CC(C(F)(F)F)N1C. The Morgan fingerprint density at radius 3 is 2.36 bits per heavy atom. The van der Waals surface area contributed by atoms with Crippen LogP contribution < -0.4 is 0 Å². The van der Waals surface area contributed by atoms with Crippen molar-refractivity contribution in [2.24, 2.45) is 5.92 Å². The molecule has 1 heterocycles. The summed E-state index contributed by atoms with van der Waals surface area (Å²) in [5, 5.41) is 0. The Labute approximate surface area is 130 Å². The molecule has 0 aromatic heterocycles. The van der Waals surface area contributed by atoms with Gasteiger partial charge in [-0.05, 0) is 26.3 Å². The van der Waals surface area contributed by atoms with Crippen LogP contribution in [0.5, 0.6) is 0 Å². The number of amides is 1. The van der Waals surface area contributed by atoms with Crippen LogP contribution in [0.1, 0.15) is 51.9 Å². The first-order chi connectivity index (χ1) is 10.3. The number of halogens is 3. The summed E-state index contributed by atoms with van der Waals surface area (Å²) in [6, 6.07) is -1.81. The molecule has 0 spiro atoms. The van der Waals surface area contributed by atoms with E-state index < -0.39 is 12.2 Å². The number of likely N-dealkylation sites (N-methyl/N-ethyl adjacent to an activating group) is 1. The Bertz CT molecular complexity index is 380. The highest BCUT2D eigenvalue weighted by Crippen LogP contribution is 2.30. The molecule has 0 aromatic rings. The summed E-state index contributed by atoms with van der Waals surface area (Å²) in [6.45, 7) is 1.92. The minimum atomic E-state index is -4.29. The van der Waals surface area contributed by atoms with Gasteiger partial charge in [0.2, 0.25) is 5.91 Å². The molecule has 3 nitrogen and oxygen atoms in total. The molecule has 1 saturated heterocycles. The van der Waals surface area contributed by atoms with Crippen LogP contribution in [0.15, 0.2) is 0 Å². The zero-order valence-corrected chi connectivity index (χ0v) is 13.5. The van der Waals surface area contributed by atoms with Crippen molar-refractivity contribution in [1.82, 2.24) is 9.80 Å². The summed E-state index contributed by atoms with van der Waals surface area (Å²) < 4.78 is 39.3. The second-order valence-electron chi connectivity index (χ2n) is 6.91. The lowest BCUT2D eigenvalue weighted by Gasteiger charge is -2.44. The maximum atomic E-state index is 13.1. The van der Waals surface area contributed by atoms with E-state index in [2.05, 4.69) is 0 Å². The molecule has 22 heavy (non-hydrogen) atoms. The van der Waals surface area contributed by atoms with E-state index in [4.69, 9.17) is 0 Å². The van der Waals surface area contributed by atoms with Crippen molar-refractivity contribution >= 4 is 5.91 Å². The van der Waals surface area contributed by atoms with E-state index in [0.29, 0.717) is 18.9 Å². The van der Waals surface area contributed by atoms with Crippen LogP contribution in [0.2, 0.25) is 0 Å². The number of hydrogen-bond acceptors (Lipinski definition) is 2. The van der Waals surface area contributed by atoms with Crippen molar-refractivity contribution in [2.45, 2.75) is 70.1 Å². The van der Waals surface area contributed by atoms with Gasteiger partial charge in [-0.15, -0.1) is 0 Å². The predicted octanol–water partition coefficient (Wildman–Crippen LogP) is 3.44. The number of carbonyl (C=O) groups excluding carboxylic acids is 1. The summed E-state index contributed by atoms with van der Waals surface area (Å²) in [5.74, 6) is 0.473. The fourth-order valence-electron chi connectivity index (χ4n) is 3.67. The van der Waals surface area contributed by atoms with Gasteiger partial charge in [-0.25, -0.2) is 0 Å². The van der Waals surface area contributed by atoms with Crippen LogP contribution in [0.25, 0.3) is 0 Å². The van der Waals surface area contributed by atoms with E-state index in [1.54, 1.807) is 6.92 Å². The Balaban J connectivity index is 1.88. The summed E-state index contributed by atoms with van der Waals surface area (Å²) in [6.07, 6.45) is 2.98. The second-order valence-corrected chi connectivity index (χ2v) is 6.91. The van der Waals surface area contributed by atoms with E-state index in [9.17, 15) is 18.0 Å². The van der Waals surface area contributed by atoms with E-state index in [1.807, 2.05) is 0 Å². The third-order valence-electron chi connectivity index (χ3n) is 5.29. The number of carbonyl (C=O) groups is 1. The number of piperazine rings is 1. The second kappa shape index (κ2) is 7.20. The molecule has 2 fully saturated rings. The monoisotopic (exact) mass is 320 g/mol. The van der Waals surface area contributed by atoms with Gasteiger partial charge >= 0.3 is 6.18 Å². The standard InChI is InChI=1S/C16H27F3N2O/c1-12-10-21(11-14(20(12)2)16(17,18)19)15(22)9-8-13-6-4-3-5-7-13/h12-14H,3-11H2,1-2H3. The molecule has 0 radical (unpaired) electrons. The smallest absolute Gasteiger partial charge is 0.339 e. The Morgan fingerprint density at radius 1 is 1.14 bits per heavy atom. The highest BCUT2D eigenvalue weighted by molar-refractivity contribution is 5.76. The average molecular weight is 320 g/mol. The highest BCUT2D eigenvalue weighted by atomic mass is 19.4. The van der Waals surface area contributed by atoms with Gasteiger partial charge in [0.1, 0.15) is 6.04 Å². The molecule has 1 amide bonds. The quantitative estimate of drug-likeness (QED) is 0.795. The first-order valence-electron chi connectivity index (χ1n) is 8.35. The van der Waals surface area contributed by atoms with Crippen molar-refractivity contribution in [1.29, 1.82) is 0 Å². The van der Waals surface area contributed by atoms with Crippen molar-refractivity contribution in [3.8, 4) is 0 Å². The maximum Gasteiger partial charge on any atom is 0.405 e. The summed E-state index contributed by atoms with van der Waals surface area (Å²) in [5.41, 5.74) is 0. The lowest BCUT2D eigenvalue weighted by Crippen LogP contribution is -2.62. The lowest BCUT2D eigenvalue weighted by atomic mass is 9.86. The van der Waals surface area contributed by atoms with Gasteiger partial charge in [0, 0.05) is 25.6 Å². The van der Waals surface area contributed by atoms with Crippen LogP contribution >= 0.6 is 0 Å². The Morgan fingerprint density at radius 2 is 1.77 bits per heavy atom.